The minimum atomic E-state index is -0.665. The smallest absolute Gasteiger partial charge is 0.126 e. The van der Waals surface area contributed by atoms with E-state index in [1.54, 1.807) is 26.0 Å². The lowest BCUT2D eigenvalue weighted by Gasteiger charge is -2.15. The minimum absolute atomic E-state index is 0. The topological polar surface area (TPSA) is 46.2 Å². The summed E-state index contributed by atoms with van der Waals surface area (Å²) in [5.41, 5.74) is 6.85. The third-order valence-electron chi connectivity index (χ3n) is 2.10. The van der Waals surface area contributed by atoms with Crippen LogP contribution in [0.1, 0.15) is 24.1 Å². The number of aliphatic hydroxyl groups is 1. The Balaban J connectivity index is 0.00000169. The molecule has 0 unspecified atom stereocenters. The van der Waals surface area contributed by atoms with Gasteiger partial charge in [0.25, 0.3) is 0 Å². The maximum Gasteiger partial charge on any atom is 0.126 e. The molecule has 0 aliphatic rings. The molecule has 0 bridgehead atoms. The van der Waals surface area contributed by atoms with Crippen LogP contribution < -0.4 is 5.73 Å². The van der Waals surface area contributed by atoms with Crippen molar-refractivity contribution in [3.63, 3.8) is 0 Å². The molecule has 1 aromatic carbocycles. The molecular formula is C10H15ClFNO. The molecule has 0 spiro atoms. The van der Waals surface area contributed by atoms with Crippen LogP contribution in [0.4, 0.5) is 4.39 Å². The molecule has 0 aliphatic carbocycles. The van der Waals surface area contributed by atoms with E-state index in [1.165, 1.54) is 6.07 Å². The third-order valence-corrected chi connectivity index (χ3v) is 2.10. The van der Waals surface area contributed by atoms with Crippen LogP contribution in [0.25, 0.3) is 0 Å². The van der Waals surface area contributed by atoms with Crippen molar-refractivity contribution in [2.24, 2.45) is 5.73 Å². The molecule has 0 amide bonds. The maximum absolute atomic E-state index is 13.1. The second kappa shape index (κ2) is 5.29. The van der Waals surface area contributed by atoms with E-state index in [0.29, 0.717) is 11.1 Å². The summed E-state index contributed by atoms with van der Waals surface area (Å²) in [6.07, 6.45) is -0.665. The maximum atomic E-state index is 13.1. The fourth-order valence-electron chi connectivity index (χ4n) is 1.09. The van der Waals surface area contributed by atoms with Crippen molar-refractivity contribution in [2.45, 2.75) is 26.0 Å². The number of hydrogen-bond donors (Lipinski definition) is 2. The van der Waals surface area contributed by atoms with Crippen LogP contribution in [0.2, 0.25) is 0 Å². The summed E-state index contributed by atoms with van der Waals surface area (Å²) in [5.74, 6) is -0.284. The number of hydrogen-bond acceptors (Lipinski definition) is 2. The Morgan fingerprint density at radius 3 is 2.43 bits per heavy atom. The van der Waals surface area contributed by atoms with E-state index in [4.69, 9.17) is 5.73 Å². The predicted molar refractivity (Wildman–Crippen MR) is 57.0 cm³/mol. The van der Waals surface area contributed by atoms with Gasteiger partial charge in [-0.2, -0.15) is 0 Å². The van der Waals surface area contributed by atoms with Gasteiger partial charge in [-0.25, -0.2) is 4.39 Å². The van der Waals surface area contributed by atoms with Crippen LogP contribution in [0, 0.1) is 12.7 Å². The normalized spacial score (nSPS) is 14.4. The molecule has 2 nitrogen and oxygen atoms in total. The van der Waals surface area contributed by atoms with Crippen molar-refractivity contribution in [1.82, 2.24) is 0 Å². The van der Waals surface area contributed by atoms with E-state index >= 15 is 0 Å². The highest BCUT2D eigenvalue weighted by atomic mass is 35.5. The first kappa shape index (κ1) is 13.4. The number of aliphatic hydroxyl groups excluding tert-OH is 1. The van der Waals surface area contributed by atoms with Gasteiger partial charge in [0, 0.05) is 0 Å². The van der Waals surface area contributed by atoms with Crippen molar-refractivity contribution >= 4 is 12.4 Å². The van der Waals surface area contributed by atoms with Gasteiger partial charge < -0.3 is 10.8 Å². The quantitative estimate of drug-likeness (QED) is 0.799. The van der Waals surface area contributed by atoms with Gasteiger partial charge >= 0.3 is 0 Å². The molecule has 0 radical (unpaired) electrons. The lowest BCUT2D eigenvalue weighted by atomic mass is 10.0. The number of halogens is 2. The highest BCUT2D eigenvalue weighted by Crippen LogP contribution is 2.17. The molecule has 0 saturated carbocycles. The molecule has 0 aromatic heterocycles. The number of aryl methyl sites for hydroxylation is 1. The second-order valence-electron chi connectivity index (χ2n) is 3.28. The predicted octanol–water partition coefficient (Wildman–Crippen LogP) is 1.94. The summed E-state index contributed by atoms with van der Waals surface area (Å²) in [5, 5.41) is 9.19. The minimum Gasteiger partial charge on any atom is -0.391 e. The Hall–Kier alpha value is -0.640. The summed E-state index contributed by atoms with van der Waals surface area (Å²) in [4.78, 5) is 0. The zero-order valence-corrected chi connectivity index (χ0v) is 9.01. The van der Waals surface area contributed by atoms with Gasteiger partial charge in [0.2, 0.25) is 0 Å². The Kier molecular flexibility index (Phi) is 5.05. The highest BCUT2D eigenvalue weighted by Gasteiger charge is 2.12. The van der Waals surface area contributed by atoms with Gasteiger partial charge in [-0.05, 0) is 31.0 Å². The van der Waals surface area contributed by atoms with Crippen LogP contribution >= 0.6 is 12.4 Å². The SMILES string of the molecule is Cc1ccc([C@@H](N)[C@H](C)O)cc1F.Cl. The second-order valence-corrected chi connectivity index (χ2v) is 3.28. The fraction of sp³-hybridized carbons (Fsp3) is 0.400. The van der Waals surface area contributed by atoms with E-state index in [-0.39, 0.29) is 18.2 Å². The van der Waals surface area contributed by atoms with E-state index in [2.05, 4.69) is 0 Å². The first-order valence-electron chi connectivity index (χ1n) is 4.22. The molecule has 0 aliphatic heterocycles. The third kappa shape index (κ3) is 2.94. The molecule has 3 N–H and O–H groups in total. The zero-order chi connectivity index (χ0) is 10.0. The summed E-state index contributed by atoms with van der Waals surface area (Å²) < 4.78 is 13.1. The van der Waals surface area contributed by atoms with Crippen LogP contribution in [-0.4, -0.2) is 11.2 Å². The molecule has 1 rings (SSSR count). The molecule has 14 heavy (non-hydrogen) atoms. The Bertz CT molecular complexity index is 304. The zero-order valence-electron chi connectivity index (χ0n) is 8.20. The average molecular weight is 220 g/mol. The van der Waals surface area contributed by atoms with Crippen LogP contribution in [0.3, 0.4) is 0 Å². The molecular weight excluding hydrogens is 205 g/mol. The first-order chi connectivity index (χ1) is 6.02. The van der Waals surface area contributed by atoms with E-state index in [9.17, 15) is 9.50 Å². The molecule has 0 saturated heterocycles. The monoisotopic (exact) mass is 219 g/mol. The van der Waals surface area contributed by atoms with E-state index < -0.39 is 12.1 Å². The molecule has 4 heteroatoms. The Morgan fingerprint density at radius 1 is 1.43 bits per heavy atom. The van der Waals surface area contributed by atoms with E-state index in [1.807, 2.05) is 0 Å². The van der Waals surface area contributed by atoms with Gasteiger partial charge in [-0.3, -0.25) is 0 Å². The molecule has 1 aromatic rings. The fourth-order valence-corrected chi connectivity index (χ4v) is 1.09. The number of benzene rings is 1. The Morgan fingerprint density at radius 2 is 2.00 bits per heavy atom. The summed E-state index contributed by atoms with van der Waals surface area (Å²) >= 11 is 0. The van der Waals surface area contributed by atoms with Crippen molar-refractivity contribution in [3.8, 4) is 0 Å². The standard InChI is InChI=1S/C10H14FNO.ClH/c1-6-3-4-8(5-9(6)11)10(12)7(2)13;/h3-5,7,10,13H,12H2,1-2H3;1H/t7-,10-;/m0./s1. The van der Waals surface area contributed by atoms with Crippen LogP contribution in [-0.2, 0) is 0 Å². The van der Waals surface area contributed by atoms with E-state index in [0.717, 1.165) is 0 Å². The van der Waals surface area contributed by atoms with Gasteiger partial charge in [0.15, 0.2) is 0 Å². The van der Waals surface area contributed by atoms with Crippen molar-refractivity contribution < 1.29 is 9.50 Å². The average Bonchev–Trinajstić information content (AvgIpc) is 2.08. The van der Waals surface area contributed by atoms with Gasteiger partial charge in [0.05, 0.1) is 12.1 Å². The summed E-state index contributed by atoms with van der Waals surface area (Å²) in [6, 6.07) is 4.24. The van der Waals surface area contributed by atoms with Crippen LogP contribution in [0.5, 0.6) is 0 Å². The molecule has 80 valence electrons. The van der Waals surface area contributed by atoms with Gasteiger partial charge in [0.1, 0.15) is 5.82 Å². The number of nitrogens with two attached hydrogens (primary N) is 1. The van der Waals surface area contributed by atoms with Crippen LogP contribution in [0.15, 0.2) is 18.2 Å². The van der Waals surface area contributed by atoms with Gasteiger partial charge in [-0.1, -0.05) is 12.1 Å². The number of rotatable bonds is 2. The summed E-state index contributed by atoms with van der Waals surface area (Å²) in [6.45, 7) is 3.27. The largest absolute Gasteiger partial charge is 0.391 e. The highest BCUT2D eigenvalue weighted by molar-refractivity contribution is 5.85. The Labute approximate surface area is 89.3 Å². The molecule has 0 fully saturated rings. The van der Waals surface area contributed by atoms with Crippen molar-refractivity contribution in [1.29, 1.82) is 0 Å². The lowest BCUT2D eigenvalue weighted by molar-refractivity contribution is 0.164. The van der Waals surface area contributed by atoms with Crippen molar-refractivity contribution in [2.75, 3.05) is 0 Å². The molecule has 0 heterocycles. The van der Waals surface area contributed by atoms with Gasteiger partial charge in [-0.15, -0.1) is 12.4 Å². The summed E-state index contributed by atoms with van der Waals surface area (Å²) in [7, 11) is 0. The lowest BCUT2D eigenvalue weighted by Crippen LogP contribution is -2.23. The first-order valence-corrected chi connectivity index (χ1v) is 4.22. The van der Waals surface area contributed by atoms with Crippen molar-refractivity contribution in [3.05, 3.63) is 35.1 Å². The molecule has 2 atom stereocenters.